The van der Waals surface area contributed by atoms with Crippen LogP contribution in [-0.4, -0.2) is 72.5 Å². The molecule has 2 aliphatic heterocycles. The summed E-state index contributed by atoms with van der Waals surface area (Å²) in [6.07, 6.45) is 0.803. The molecule has 2 saturated heterocycles. The summed E-state index contributed by atoms with van der Waals surface area (Å²) in [5.41, 5.74) is 0.268. The number of aliphatic hydroxyl groups excluding tert-OH is 1. The van der Waals surface area contributed by atoms with Crippen LogP contribution in [-0.2, 0) is 4.74 Å². The molecule has 0 radical (unpaired) electrons. The summed E-state index contributed by atoms with van der Waals surface area (Å²) in [6.45, 7) is 13.5. The zero-order valence-corrected chi connectivity index (χ0v) is 12.1. The van der Waals surface area contributed by atoms with Crippen LogP contribution in [0.25, 0.3) is 0 Å². The molecular formula is C14H28N2O2. The van der Waals surface area contributed by atoms with Crippen LogP contribution in [0, 0.1) is 5.92 Å². The van der Waals surface area contributed by atoms with Gasteiger partial charge in [0.1, 0.15) is 0 Å². The summed E-state index contributed by atoms with van der Waals surface area (Å²) in [7, 11) is 0. The highest BCUT2D eigenvalue weighted by Crippen LogP contribution is 2.19. The highest BCUT2D eigenvalue weighted by atomic mass is 16.5. The monoisotopic (exact) mass is 256 g/mol. The van der Waals surface area contributed by atoms with Crippen molar-refractivity contribution in [3.05, 3.63) is 0 Å². The van der Waals surface area contributed by atoms with E-state index in [1.54, 1.807) is 0 Å². The van der Waals surface area contributed by atoms with E-state index in [9.17, 15) is 5.11 Å². The molecule has 0 aromatic carbocycles. The van der Waals surface area contributed by atoms with E-state index in [1.165, 1.54) is 0 Å². The summed E-state index contributed by atoms with van der Waals surface area (Å²) in [5, 5.41) is 10.2. The second kappa shape index (κ2) is 5.87. The van der Waals surface area contributed by atoms with Crippen molar-refractivity contribution >= 4 is 0 Å². The van der Waals surface area contributed by atoms with Crippen molar-refractivity contribution in [2.45, 2.75) is 38.8 Å². The van der Waals surface area contributed by atoms with Crippen LogP contribution < -0.4 is 0 Å². The smallest absolute Gasteiger partial charge is 0.0718 e. The molecule has 2 unspecified atom stereocenters. The van der Waals surface area contributed by atoms with Gasteiger partial charge in [-0.15, -0.1) is 0 Å². The topological polar surface area (TPSA) is 35.9 Å². The summed E-state index contributed by atoms with van der Waals surface area (Å²) in [6, 6.07) is 0. The van der Waals surface area contributed by atoms with Crippen LogP contribution in [0.2, 0.25) is 0 Å². The van der Waals surface area contributed by atoms with Crippen molar-refractivity contribution in [3.63, 3.8) is 0 Å². The van der Waals surface area contributed by atoms with Crippen molar-refractivity contribution in [2.75, 3.05) is 45.9 Å². The normalized spacial score (nSPS) is 29.7. The summed E-state index contributed by atoms with van der Waals surface area (Å²) in [4.78, 5) is 4.92. The zero-order chi connectivity index (χ0) is 13.2. The van der Waals surface area contributed by atoms with Gasteiger partial charge >= 0.3 is 0 Å². The number of rotatable bonds is 3. The fourth-order valence-corrected chi connectivity index (χ4v) is 2.87. The molecule has 0 aromatic rings. The lowest BCUT2D eigenvalue weighted by molar-refractivity contribution is 0.0169. The Hall–Kier alpha value is -0.160. The molecule has 106 valence electrons. The fraction of sp³-hybridized carbons (Fsp3) is 1.00. The highest BCUT2D eigenvalue weighted by Gasteiger charge is 2.29. The van der Waals surface area contributed by atoms with E-state index in [1.807, 2.05) is 0 Å². The van der Waals surface area contributed by atoms with Crippen LogP contribution >= 0.6 is 0 Å². The van der Waals surface area contributed by atoms with Gasteiger partial charge < -0.3 is 9.84 Å². The van der Waals surface area contributed by atoms with Crippen LogP contribution in [0.5, 0.6) is 0 Å². The lowest BCUT2D eigenvalue weighted by atomic mass is 10.0. The van der Waals surface area contributed by atoms with Gasteiger partial charge in [-0.3, -0.25) is 9.80 Å². The molecule has 18 heavy (non-hydrogen) atoms. The predicted molar refractivity (Wildman–Crippen MR) is 72.7 cm³/mol. The van der Waals surface area contributed by atoms with E-state index < -0.39 is 0 Å². The molecule has 1 N–H and O–H groups in total. The Morgan fingerprint density at radius 2 is 1.89 bits per heavy atom. The average Bonchev–Trinajstić information content (AvgIpc) is 2.82. The standard InChI is InChI=1S/C14H28N2O2/c1-14(2,3)16-7-5-15(6-8-16)10-13(17)12-4-9-18-11-12/h12-13,17H,4-11H2,1-3H3. The Morgan fingerprint density at radius 1 is 1.22 bits per heavy atom. The SMILES string of the molecule is CC(C)(C)N1CCN(CC(O)C2CCOC2)CC1. The molecule has 0 aliphatic carbocycles. The van der Waals surface area contributed by atoms with Crippen LogP contribution in [0.15, 0.2) is 0 Å². The number of β-amino-alcohol motifs (C(OH)–C–C–N with tert-alkyl or cyclic N) is 1. The second-order valence-corrected chi connectivity index (χ2v) is 6.65. The molecule has 2 rings (SSSR count). The molecule has 0 saturated carbocycles. The maximum Gasteiger partial charge on any atom is 0.0718 e. The van der Waals surface area contributed by atoms with Gasteiger partial charge in [0.15, 0.2) is 0 Å². The molecule has 2 atom stereocenters. The van der Waals surface area contributed by atoms with Crippen molar-refractivity contribution in [2.24, 2.45) is 5.92 Å². The number of hydrogen-bond acceptors (Lipinski definition) is 4. The predicted octanol–water partition coefficient (Wildman–Crippen LogP) is 0.800. The Bertz CT molecular complexity index is 251. The minimum atomic E-state index is -0.214. The Balaban J connectivity index is 1.73. The van der Waals surface area contributed by atoms with Gasteiger partial charge in [-0.1, -0.05) is 0 Å². The largest absolute Gasteiger partial charge is 0.391 e. The number of hydrogen-bond donors (Lipinski definition) is 1. The molecule has 0 aromatic heterocycles. The van der Waals surface area contributed by atoms with Crippen LogP contribution in [0.3, 0.4) is 0 Å². The third kappa shape index (κ3) is 3.67. The highest BCUT2D eigenvalue weighted by molar-refractivity contribution is 4.84. The Morgan fingerprint density at radius 3 is 2.39 bits per heavy atom. The first-order chi connectivity index (χ1) is 8.47. The van der Waals surface area contributed by atoms with Gasteiger partial charge in [0.2, 0.25) is 0 Å². The van der Waals surface area contributed by atoms with Gasteiger partial charge in [-0.25, -0.2) is 0 Å². The van der Waals surface area contributed by atoms with Crippen molar-refractivity contribution in [1.82, 2.24) is 9.80 Å². The first kappa shape index (κ1) is 14.3. The Labute approximate surface area is 111 Å². The first-order valence-electron chi connectivity index (χ1n) is 7.20. The van der Waals surface area contributed by atoms with E-state index in [2.05, 4.69) is 30.6 Å². The van der Waals surface area contributed by atoms with Crippen LogP contribution in [0.1, 0.15) is 27.2 Å². The quantitative estimate of drug-likeness (QED) is 0.810. The molecule has 0 spiro atoms. The van der Waals surface area contributed by atoms with Gasteiger partial charge in [0.25, 0.3) is 0 Å². The zero-order valence-electron chi connectivity index (χ0n) is 12.1. The first-order valence-corrected chi connectivity index (χ1v) is 7.20. The van der Waals surface area contributed by atoms with Gasteiger partial charge in [0, 0.05) is 50.8 Å². The van der Waals surface area contributed by atoms with E-state index in [0.717, 1.165) is 52.4 Å². The molecule has 0 amide bonds. The van der Waals surface area contributed by atoms with Crippen molar-refractivity contribution in [1.29, 1.82) is 0 Å². The van der Waals surface area contributed by atoms with E-state index >= 15 is 0 Å². The number of ether oxygens (including phenoxy) is 1. The van der Waals surface area contributed by atoms with Crippen molar-refractivity contribution in [3.8, 4) is 0 Å². The Kier molecular flexibility index (Phi) is 4.64. The summed E-state index contributed by atoms with van der Waals surface area (Å²) >= 11 is 0. The van der Waals surface area contributed by atoms with E-state index in [0.29, 0.717) is 5.92 Å². The summed E-state index contributed by atoms with van der Waals surface area (Å²) < 4.78 is 5.34. The minimum absolute atomic E-state index is 0.214. The lowest BCUT2D eigenvalue weighted by Crippen LogP contribution is -2.54. The third-order valence-corrected chi connectivity index (χ3v) is 4.28. The van der Waals surface area contributed by atoms with Crippen molar-refractivity contribution < 1.29 is 9.84 Å². The molecule has 4 heteroatoms. The van der Waals surface area contributed by atoms with Gasteiger partial charge in [-0.05, 0) is 27.2 Å². The summed E-state index contributed by atoms with van der Waals surface area (Å²) in [5.74, 6) is 0.352. The molecule has 2 fully saturated rings. The maximum atomic E-state index is 10.2. The number of nitrogens with zero attached hydrogens (tertiary/aromatic N) is 2. The molecule has 4 nitrogen and oxygen atoms in total. The minimum Gasteiger partial charge on any atom is -0.391 e. The second-order valence-electron chi connectivity index (χ2n) is 6.65. The molecule has 2 aliphatic rings. The number of piperazine rings is 1. The maximum absolute atomic E-state index is 10.2. The molecule has 0 bridgehead atoms. The van der Waals surface area contributed by atoms with E-state index in [4.69, 9.17) is 4.74 Å². The van der Waals surface area contributed by atoms with Gasteiger partial charge in [-0.2, -0.15) is 0 Å². The van der Waals surface area contributed by atoms with E-state index in [-0.39, 0.29) is 11.6 Å². The van der Waals surface area contributed by atoms with Crippen LogP contribution in [0.4, 0.5) is 0 Å². The fourth-order valence-electron chi connectivity index (χ4n) is 2.87. The molecule has 2 heterocycles. The van der Waals surface area contributed by atoms with Gasteiger partial charge in [0.05, 0.1) is 12.7 Å². The lowest BCUT2D eigenvalue weighted by Gasteiger charge is -2.42. The number of aliphatic hydroxyl groups is 1. The average molecular weight is 256 g/mol. The molecular weight excluding hydrogens is 228 g/mol. The third-order valence-electron chi connectivity index (χ3n) is 4.28.